The van der Waals surface area contributed by atoms with E-state index in [0.717, 1.165) is 31.5 Å². The lowest BCUT2D eigenvalue weighted by Gasteiger charge is -2.23. The third-order valence-corrected chi connectivity index (χ3v) is 3.02. The van der Waals surface area contributed by atoms with E-state index in [1.807, 2.05) is 0 Å². The Hall–Kier alpha value is -0.420. The molecule has 1 atom stereocenters. The molecular formula is C10H13Cl2N3O. The first-order valence-electron chi connectivity index (χ1n) is 5.25. The van der Waals surface area contributed by atoms with Gasteiger partial charge in [-0.15, -0.1) is 0 Å². The van der Waals surface area contributed by atoms with Gasteiger partial charge in [0.25, 0.3) is 0 Å². The second-order valence-electron chi connectivity index (χ2n) is 3.73. The normalized spacial score (nSPS) is 21.0. The van der Waals surface area contributed by atoms with E-state index in [1.165, 1.54) is 0 Å². The van der Waals surface area contributed by atoms with Crippen LogP contribution < -0.4 is 5.32 Å². The number of aromatic nitrogens is 2. The zero-order chi connectivity index (χ0) is 11.4. The standard InChI is InChI=1S/C10H13Cl2N3O/c11-9-7(4-14-10(12)15-9)6-16-8-2-1-3-13-5-8/h4,8,13H,1-3,5-6H2/t8-/m0/s1. The second kappa shape index (κ2) is 5.77. The minimum Gasteiger partial charge on any atom is -0.372 e. The summed E-state index contributed by atoms with van der Waals surface area (Å²) in [6.07, 6.45) is 4.09. The molecule has 0 unspecified atom stereocenters. The summed E-state index contributed by atoms with van der Waals surface area (Å²) in [6, 6.07) is 0. The molecule has 88 valence electrons. The molecule has 2 heterocycles. The topological polar surface area (TPSA) is 47.0 Å². The largest absolute Gasteiger partial charge is 0.372 e. The lowest BCUT2D eigenvalue weighted by molar-refractivity contribution is 0.0251. The van der Waals surface area contributed by atoms with Crippen LogP contribution in [0.1, 0.15) is 18.4 Å². The Bertz CT molecular complexity index is 356. The molecule has 0 bridgehead atoms. The summed E-state index contributed by atoms with van der Waals surface area (Å²) in [6.45, 7) is 2.40. The van der Waals surface area contributed by atoms with Gasteiger partial charge in [-0.25, -0.2) is 9.97 Å². The van der Waals surface area contributed by atoms with Crippen LogP contribution in [0, 0.1) is 0 Å². The van der Waals surface area contributed by atoms with Crippen molar-refractivity contribution in [1.82, 2.24) is 15.3 Å². The maximum Gasteiger partial charge on any atom is 0.223 e. The summed E-state index contributed by atoms with van der Waals surface area (Å²) in [4.78, 5) is 7.74. The Morgan fingerprint density at radius 1 is 1.50 bits per heavy atom. The second-order valence-corrected chi connectivity index (χ2v) is 4.43. The first-order valence-corrected chi connectivity index (χ1v) is 6.00. The van der Waals surface area contributed by atoms with Gasteiger partial charge in [-0.05, 0) is 31.0 Å². The molecule has 0 spiro atoms. The fourth-order valence-corrected chi connectivity index (χ4v) is 1.99. The SMILES string of the molecule is Clc1ncc(CO[C@H]2CCCNC2)c(Cl)n1. The van der Waals surface area contributed by atoms with Crippen molar-refractivity contribution < 1.29 is 4.74 Å². The first-order chi connectivity index (χ1) is 7.75. The predicted octanol–water partition coefficient (Wildman–Crippen LogP) is 2.05. The van der Waals surface area contributed by atoms with E-state index >= 15 is 0 Å². The van der Waals surface area contributed by atoms with Crippen molar-refractivity contribution in [2.45, 2.75) is 25.6 Å². The summed E-state index contributed by atoms with van der Waals surface area (Å²) in [5.74, 6) is 0. The van der Waals surface area contributed by atoms with E-state index < -0.39 is 0 Å². The van der Waals surface area contributed by atoms with E-state index in [9.17, 15) is 0 Å². The molecular weight excluding hydrogens is 249 g/mol. The maximum absolute atomic E-state index is 5.92. The molecule has 0 aliphatic carbocycles. The highest BCUT2D eigenvalue weighted by molar-refractivity contribution is 6.32. The highest BCUT2D eigenvalue weighted by Gasteiger charge is 2.14. The molecule has 1 N–H and O–H groups in total. The number of piperidine rings is 1. The number of hydrogen-bond acceptors (Lipinski definition) is 4. The Balaban J connectivity index is 1.88. The highest BCUT2D eigenvalue weighted by Crippen LogP contribution is 2.17. The van der Waals surface area contributed by atoms with Crippen molar-refractivity contribution in [2.24, 2.45) is 0 Å². The van der Waals surface area contributed by atoms with Crippen LogP contribution in [0.2, 0.25) is 10.4 Å². The van der Waals surface area contributed by atoms with E-state index in [2.05, 4.69) is 15.3 Å². The fourth-order valence-electron chi connectivity index (χ4n) is 1.63. The molecule has 0 radical (unpaired) electrons. The fraction of sp³-hybridized carbons (Fsp3) is 0.600. The van der Waals surface area contributed by atoms with Gasteiger partial charge in [0.15, 0.2) is 0 Å². The number of halogens is 2. The van der Waals surface area contributed by atoms with Crippen molar-refractivity contribution in [1.29, 1.82) is 0 Å². The van der Waals surface area contributed by atoms with Crippen LogP contribution in [0.4, 0.5) is 0 Å². The summed E-state index contributed by atoms with van der Waals surface area (Å²) in [5, 5.41) is 3.81. The molecule has 1 aliphatic rings. The zero-order valence-electron chi connectivity index (χ0n) is 8.75. The van der Waals surface area contributed by atoms with Gasteiger partial charge in [-0.1, -0.05) is 11.6 Å². The van der Waals surface area contributed by atoms with Gasteiger partial charge in [0.05, 0.1) is 12.7 Å². The average molecular weight is 262 g/mol. The quantitative estimate of drug-likeness (QED) is 0.669. The van der Waals surface area contributed by atoms with Crippen molar-refractivity contribution in [2.75, 3.05) is 13.1 Å². The van der Waals surface area contributed by atoms with Gasteiger partial charge in [0.2, 0.25) is 5.28 Å². The highest BCUT2D eigenvalue weighted by atomic mass is 35.5. The molecule has 1 saturated heterocycles. The zero-order valence-corrected chi connectivity index (χ0v) is 10.3. The van der Waals surface area contributed by atoms with Crippen LogP contribution in [-0.2, 0) is 11.3 Å². The van der Waals surface area contributed by atoms with Crippen LogP contribution in [0.25, 0.3) is 0 Å². The molecule has 1 aliphatic heterocycles. The Morgan fingerprint density at radius 3 is 3.06 bits per heavy atom. The average Bonchev–Trinajstić information content (AvgIpc) is 2.29. The van der Waals surface area contributed by atoms with Crippen LogP contribution in [0.15, 0.2) is 6.20 Å². The third-order valence-electron chi connectivity index (χ3n) is 2.51. The van der Waals surface area contributed by atoms with E-state index in [4.69, 9.17) is 27.9 Å². The molecule has 1 aromatic rings. The van der Waals surface area contributed by atoms with Crippen molar-refractivity contribution >= 4 is 23.2 Å². The lowest BCUT2D eigenvalue weighted by Crippen LogP contribution is -2.35. The van der Waals surface area contributed by atoms with Crippen LogP contribution >= 0.6 is 23.2 Å². The van der Waals surface area contributed by atoms with Gasteiger partial charge in [-0.3, -0.25) is 0 Å². The molecule has 16 heavy (non-hydrogen) atoms. The minimum atomic E-state index is 0.160. The molecule has 0 saturated carbocycles. The predicted molar refractivity (Wildman–Crippen MR) is 62.7 cm³/mol. The van der Waals surface area contributed by atoms with E-state index in [-0.39, 0.29) is 11.4 Å². The van der Waals surface area contributed by atoms with Crippen molar-refractivity contribution in [3.05, 3.63) is 22.2 Å². The summed E-state index contributed by atoms with van der Waals surface area (Å²) in [7, 11) is 0. The summed E-state index contributed by atoms with van der Waals surface area (Å²) < 4.78 is 5.72. The molecule has 0 amide bonds. The number of nitrogens with one attached hydrogen (secondary N) is 1. The molecule has 1 fully saturated rings. The molecule has 1 aromatic heterocycles. The summed E-state index contributed by atoms with van der Waals surface area (Å²) >= 11 is 11.5. The Morgan fingerprint density at radius 2 is 2.38 bits per heavy atom. The molecule has 6 heteroatoms. The van der Waals surface area contributed by atoms with E-state index in [0.29, 0.717) is 11.8 Å². The van der Waals surface area contributed by atoms with Gasteiger partial charge in [0.1, 0.15) is 5.15 Å². The minimum absolute atomic E-state index is 0.160. The first kappa shape index (κ1) is 12.0. The smallest absolute Gasteiger partial charge is 0.223 e. The molecule has 2 rings (SSSR count). The van der Waals surface area contributed by atoms with Crippen LogP contribution in [0.3, 0.4) is 0 Å². The number of nitrogens with zero attached hydrogens (tertiary/aromatic N) is 2. The molecule has 0 aromatic carbocycles. The van der Waals surface area contributed by atoms with Gasteiger partial charge in [0, 0.05) is 18.3 Å². The third kappa shape index (κ3) is 3.28. The van der Waals surface area contributed by atoms with Crippen LogP contribution in [-0.4, -0.2) is 29.2 Å². The van der Waals surface area contributed by atoms with Crippen molar-refractivity contribution in [3.8, 4) is 0 Å². The Kier molecular flexibility index (Phi) is 4.35. The van der Waals surface area contributed by atoms with Gasteiger partial charge < -0.3 is 10.1 Å². The number of rotatable bonds is 3. The maximum atomic E-state index is 5.92. The van der Waals surface area contributed by atoms with Crippen molar-refractivity contribution in [3.63, 3.8) is 0 Å². The van der Waals surface area contributed by atoms with Gasteiger partial charge >= 0.3 is 0 Å². The van der Waals surface area contributed by atoms with Crippen LogP contribution in [0.5, 0.6) is 0 Å². The lowest BCUT2D eigenvalue weighted by atomic mass is 10.1. The number of ether oxygens (including phenoxy) is 1. The summed E-state index contributed by atoms with van der Waals surface area (Å²) in [5.41, 5.74) is 0.775. The number of hydrogen-bond donors (Lipinski definition) is 1. The molecule has 4 nitrogen and oxygen atoms in total. The Labute approximate surface area is 104 Å². The van der Waals surface area contributed by atoms with E-state index in [1.54, 1.807) is 6.20 Å². The monoisotopic (exact) mass is 261 g/mol. The van der Waals surface area contributed by atoms with Gasteiger partial charge in [-0.2, -0.15) is 0 Å².